The van der Waals surface area contributed by atoms with Crippen molar-refractivity contribution < 1.29 is 32.5 Å². The average molecular weight is 399 g/mol. The zero-order chi connectivity index (χ0) is 20.3. The summed E-state index contributed by atoms with van der Waals surface area (Å²) in [6.07, 6.45) is -5.23. The van der Waals surface area contributed by atoms with Gasteiger partial charge in [0.1, 0.15) is 5.75 Å². The second kappa shape index (κ2) is 8.19. The van der Waals surface area contributed by atoms with Crippen molar-refractivity contribution in [2.75, 3.05) is 26.3 Å². The fourth-order valence-corrected chi connectivity index (χ4v) is 3.02. The Morgan fingerprint density at radius 1 is 1.39 bits per heavy atom. The molecule has 1 saturated heterocycles. The average Bonchev–Trinajstić information content (AvgIpc) is 3.11. The molecule has 0 radical (unpaired) electrons. The van der Waals surface area contributed by atoms with Gasteiger partial charge in [-0.25, -0.2) is 0 Å². The highest BCUT2D eigenvalue weighted by Gasteiger charge is 2.31. The van der Waals surface area contributed by atoms with Crippen molar-refractivity contribution in [2.24, 2.45) is 0 Å². The molecule has 1 aromatic carbocycles. The van der Waals surface area contributed by atoms with Crippen LogP contribution in [0.2, 0.25) is 0 Å². The molecule has 7 nitrogen and oxygen atoms in total. The number of hydrogen-bond acceptors (Lipinski definition) is 5. The van der Waals surface area contributed by atoms with Gasteiger partial charge in [0, 0.05) is 25.2 Å². The normalized spacial score (nSPS) is 17.6. The number of aliphatic hydroxyl groups is 1. The van der Waals surface area contributed by atoms with Crippen molar-refractivity contribution in [3.05, 3.63) is 36.0 Å². The van der Waals surface area contributed by atoms with Crippen LogP contribution in [0.5, 0.6) is 5.75 Å². The number of morpholine rings is 1. The molecular weight excluding hydrogens is 379 g/mol. The van der Waals surface area contributed by atoms with E-state index in [0.29, 0.717) is 31.0 Å². The van der Waals surface area contributed by atoms with Crippen molar-refractivity contribution in [3.63, 3.8) is 0 Å². The molecule has 1 aromatic heterocycles. The van der Waals surface area contributed by atoms with Crippen LogP contribution >= 0.6 is 0 Å². The number of amides is 1. The monoisotopic (exact) mass is 399 g/mol. The van der Waals surface area contributed by atoms with Crippen molar-refractivity contribution in [2.45, 2.75) is 25.9 Å². The Balaban J connectivity index is 1.87. The number of benzene rings is 1. The molecule has 0 aliphatic carbocycles. The minimum atomic E-state index is -4.79. The van der Waals surface area contributed by atoms with E-state index in [1.54, 1.807) is 21.7 Å². The molecule has 1 aliphatic heterocycles. The zero-order valence-corrected chi connectivity index (χ0v) is 15.1. The van der Waals surface area contributed by atoms with Gasteiger partial charge < -0.3 is 19.5 Å². The summed E-state index contributed by atoms with van der Waals surface area (Å²) in [6, 6.07) is 7.07. The lowest BCUT2D eigenvalue weighted by atomic mass is 10.1. The number of carbonyl (C=O) groups excluding carboxylic acids is 1. The third-order valence-corrected chi connectivity index (χ3v) is 4.29. The van der Waals surface area contributed by atoms with Crippen LogP contribution in [0, 0.1) is 0 Å². The number of hydrogen-bond donors (Lipinski definition) is 1. The highest BCUT2D eigenvalue weighted by Crippen LogP contribution is 2.29. The predicted octanol–water partition coefficient (Wildman–Crippen LogP) is 2.30. The SMILES string of the molecule is CCn1nc(C(=O)N2CCOC(CO)C2)cc1-c1cccc(OC(F)(F)F)c1. The standard InChI is InChI=1S/C18H20F3N3O4/c1-2-24-16(12-4-3-5-13(8-12)28-18(19,20)21)9-15(22-24)17(26)23-6-7-27-14(10-23)11-25/h3-5,8-9,14,25H,2,6-7,10-11H2,1H3. The summed E-state index contributed by atoms with van der Waals surface area (Å²) in [5.74, 6) is -0.668. The third kappa shape index (κ3) is 4.63. The quantitative estimate of drug-likeness (QED) is 0.835. The largest absolute Gasteiger partial charge is 0.573 e. The molecule has 1 fully saturated rings. The van der Waals surface area contributed by atoms with Gasteiger partial charge >= 0.3 is 6.36 Å². The van der Waals surface area contributed by atoms with E-state index >= 15 is 0 Å². The minimum Gasteiger partial charge on any atom is -0.406 e. The molecule has 28 heavy (non-hydrogen) atoms. The number of rotatable bonds is 5. The van der Waals surface area contributed by atoms with Crippen molar-refractivity contribution >= 4 is 5.91 Å². The summed E-state index contributed by atoms with van der Waals surface area (Å²) in [5, 5.41) is 13.5. The summed E-state index contributed by atoms with van der Waals surface area (Å²) >= 11 is 0. The van der Waals surface area contributed by atoms with Gasteiger partial charge in [0.15, 0.2) is 5.69 Å². The lowest BCUT2D eigenvalue weighted by Gasteiger charge is -2.31. The predicted molar refractivity (Wildman–Crippen MR) is 92.7 cm³/mol. The Hall–Kier alpha value is -2.59. The second-order valence-corrected chi connectivity index (χ2v) is 6.23. The van der Waals surface area contributed by atoms with Crippen LogP contribution in [0.1, 0.15) is 17.4 Å². The van der Waals surface area contributed by atoms with E-state index in [1.807, 2.05) is 6.92 Å². The van der Waals surface area contributed by atoms with Crippen LogP contribution in [-0.4, -0.2) is 64.5 Å². The maximum atomic E-state index is 12.8. The van der Waals surface area contributed by atoms with E-state index < -0.39 is 12.5 Å². The summed E-state index contributed by atoms with van der Waals surface area (Å²) in [5.41, 5.74) is 1.13. The molecule has 10 heteroatoms. The first-order valence-corrected chi connectivity index (χ1v) is 8.76. The van der Waals surface area contributed by atoms with Crippen LogP contribution in [0.3, 0.4) is 0 Å². The molecule has 2 heterocycles. The van der Waals surface area contributed by atoms with E-state index in [1.165, 1.54) is 18.2 Å². The topological polar surface area (TPSA) is 76.8 Å². The number of aromatic nitrogens is 2. The fraction of sp³-hybridized carbons (Fsp3) is 0.444. The third-order valence-electron chi connectivity index (χ3n) is 4.29. The number of ether oxygens (including phenoxy) is 2. The van der Waals surface area contributed by atoms with Crippen LogP contribution in [-0.2, 0) is 11.3 Å². The van der Waals surface area contributed by atoms with Gasteiger partial charge in [-0.3, -0.25) is 9.48 Å². The van der Waals surface area contributed by atoms with Gasteiger partial charge in [0.25, 0.3) is 5.91 Å². The smallest absolute Gasteiger partial charge is 0.406 e. The van der Waals surface area contributed by atoms with Crippen molar-refractivity contribution in [1.29, 1.82) is 0 Å². The van der Waals surface area contributed by atoms with Gasteiger partial charge in [0.2, 0.25) is 0 Å². The van der Waals surface area contributed by atoms with Gasteiger partial charge in [0.05, 0.1) is 25.0 Å². The van der Waals surface area contributed by atoms with E-state index in [4.69, 9.17) is 4.74 Å². The maximum Gasteiger partial charge on any atom is 0.573 e. The van der Waals surface area contributed by atoms with E-state index in [9.17, 15) is 23.1 Å². The van der Waals surface area contributed by atoms with Crippen molar-refractivity contribution in [3.8, 4) is 17.0 Å². The van der Waals surface area contributed by atoms with Crippen molar-refractivity contribution in [1.82, 2.24) is 14.7 Å². The second-order valence-electron chi connectivity index (χ2n) is 6.23. The molecule has 0 saturated carbocycles. The molecule has 1 atom stereocenters. The number of carbonyl (C=O) groups is 1. The lowest BCUT2D eigenvalue weighted by molar-refractivity contribution is -0.274. The number of nitrogens with zero attached hydrogens (tertiary/aromatic N) is 3. The minimum absolute atomic E-state index is 0.178. The van der Waals surface area contributed by atoms with Crippen LogP contribution < -0.4 is 4.74 Å². The molecule has 0 spiro atoms. The maximum absolute atomic E-state index is 12.8. The lowest BCUT2D eigenvalue weighted by Crippen LogP contribution is -2.47. The van der Waals surface area contributed by atoms with Gasteiger partial charge in [-0.2, -0.15) is 5.10 Å². The summed E-state index contributed by atoms with van der Waals surface area (Å²) in [6.45, 7) is 2.99. The summed E-state index contributed by atoms with van der Waals surface area (Å²) in [7, 11) is 0. The highest BCUT2D eigenvalue weighted by molar-refractivity contribution is 5.93. The van der Waals surface area contributed by atoms with E-state index in [2.05, 4.69) is 9.84 Å². The molecule has 3 rings (SSSR count). The van der Waals surface area contributed by atoms with Gasteiger partial charge in [-0.1, -0.05) is 12.1 Å². The number of halogens is 3. The Labute approximate surface area is 159 Å². The number of aliphatic hydroxyl groups excluding tert-OH is 1. The Bertz CT molecular complexity index is 838. The van der Waals surface area contributed by atoms with Crippen LogP contribution in [0.4, 0.5) is 13.2 Å². The first-order chi connectivity index (χ1) is 13.3. The highest BCUT2D eigenvalue weighted by atomic mass is 19.4. The number of aryl methyl sites for hydroxylation is 1. The Morgan fingerprint density at radius 2 is 2.18 bits per heavy atom. The van der Waals surface area contributed by atoms with Crippen LogP contribution in [0.15, 0.2) is 30.3 Å². The zero-order valence-electron chi connectivity index (χ0n) is 15.1. The number of alkyl halides is 3. The molecule has 152 valence electrons. The fourth-order valence-electron chi connectivity index (χ4n) is 3.02. The molecule has 1 amide bonds. The molecule has 1 N–H and O–H groups in total. The Morgan fingerprint density at radius 3 is 2.86 bits per heavy atom. The summed E-state index contributed by atoms with van der Waals surface area (Å²) < 4.78 is 48.3. The van der Waals surface area contributed by atoms with Gasteiger partial charge in [-0.15, -0.1) is 13.2 Å². The van der Waals surface area contributed by atoms with Crippen LogP contribution in [0.25, 0.3) is 11.3 Å². The van der Waals surface area contributed by atoms with E-state index in [0.717, 1.165) is 0 Å². The molecule has 1 unspecified atom stereocenters. The first-order valence-electron chi connectivity index (χ1n) is 8.76. The molecule has 2 aromatic rings. The van der Waals surface area contributed by atoms with Gasteiger partial charge in [-0.05, 0) is 25.1 Å². The van der Waals surface area contributed by atoms with E-state index in [-0.39, 0.29) is 30.5 Å². The first kappa shape index (κ1) is 20.2. The molecular formula is C18H20F3N3O4. The molecule has 1 aliphatic rings. The summed E-state index contributed by atoms with van der Waals surface area (Å²) in [4.78, 5) is 14.3. The molecule has 0 bridgehead atoms. The Kier molecular flexibility index (Phi) is 5.90.